The first-order valence-electron chi connectivity index (χ1n) is 11.2. The topological polar surface area (TPSA) is 62.8 Å². The number of piperidine rings is 1. The number of nitrogens with zero attached hydrogens (tertiary/aromatic N) is 1. The van der Waals surface area contributed by atoms with Crippen LogP contribution < -0.4 is 15.4 Å². The first kappa shape index (κ1) is 19.3. The number of hydrogen-bond donors (Lipinski definition) is 2. The quantitative estimate of drug-likeness (QED) is 0.817. The highest BCUT2D eigenvalue weighted by Gasteiger charge is 2.53. The van der Waals surface area contributed by atoms with Gasteiger partial charge in [-0.1, -0.05) is 12.8 Å². The summed E-state index contributed by atoms with van der Waals surface area (Å²) >= 11 is 0. The number of anilines is 1. The Hall–Kier alpha value is -1.63. The van der Waals surface area contributed by atoms with Crippen LogP contribution in [0.15, 0.2) is 12.1 Å². The van der Waals surface area contributed by atoms with Gasteiger partial charge in [0.15, 0.2) is 0 Å². The maximum atomic E-state index is 12.7. The number of hydrogen-bond acceptors (Lipinski definition) is 5. The molecule has 6 nitrogen and oxygen atoms in total. The van der Waals surface area contributed by atoms with Gasteiger partial charge in [0.1, 0.15) is 11.9 Å². The normalized spacial score (nSPS) is 34.1. The average molecular weight is 400 g/mol. The second-order valence-corrected chi connectivity index (χ2v) is 9.27. The lowest BCUT2D eigenvalue weighted by atomic mass is 9.52. The molecule has 4 aliphatic rings. The van der Waals surface area contributed by atoms with E-state index in [4.69, 9.17) is 9.47 Å². The molecular formula is C23H33N3O3. The summed E-state index contributed by atoms with van der Waals surface area (Å²) in [4.78, 5) is 15.3. The fourth-order valence-corrected chi connectivity index (χ4v) is 6.45. The predicted octanol–water partition coefficient (Wildman–Crippen LogP) is 2.31. The minimum Gasteiger partial charge on any atom is -0.495 e. The molecule has 5 rings (SSSR count). The first-order valence-corrected chi connectivity index (χ1v) is 11.2. The lowest BCUT2D eigenvalue weighted by Crippen LogP contribution is -2.59. The van der Waals surface area contributed by atoms with Crippen molar-refractivity contribution < 1.29 is 14.3 Å². The van der Waals surface area contributed by atoms with Gasteiger partial charge >= 0.3 is 0 Å². The van der Waals surface area contributed by atoms with E-state index < -0.39 is 6.10 Å². The number of likely N-dealkylation sites (N-methyl/N-ethyl adjacent to an activating group) is 1. The monoisotopic (exact) mass is 399 g/mol. The molecule has 1 saturated carbocycles. The van der Waals surface area contributed by atoms with E-state index in [1.54, 1.807) is 7.11 Å². The van der Waals surface area contributed by atoms with Crippen molar-refractivity contribution in [3.8, 4) is 5.75 Å². The number of carbonyl (C=O) groups excluding carboxylic acids is 1. The van der Waals surface area contributed by atoms with Crippen LogP contribution in [0.1, 0.15) is 43.2 Å². The Balaban J connectivity index is 1.50. The van der Waals surface area contributed by atoms with E-state index in [1.165, 1.54) is 49.8 Å². The molecule has 1 aromatic rings. The molecule has 1 aromatic carbocycles. The third-order valence-corrected chi connectivity index (χ3v) is 7.91. The summed E-state index contributed by atoms with van der Waals surface area (Å²) in [7, 11) is 3.99. The molecule has 6 heteroatoms. The summed E-state index contributed by atoms with van der Waals surface area (Å²) in [5, 5.41) is 6.30. The van der Waals surface area contributed by atoms with E-state index in [1.807, 2.05) is 0 Å². The molecule has 2 N–H and O–H groups in total. The number of nitrogens with one attached hydrogen (secondary N) is 2. The standard InChI is InChI=1S/C23H33N3O3/c1-26-9-7-23-6-4-3-5-16(23)19(26)12-15-11-18(20(28-2)13-17(15)23)25-22(27)21-14-24-8-10-29-21/h11,13,16,19,21,24H,3-10,12,14H2,1-2H3,(H,25,27)/t16?,19-,21?,23-/m0/s1. The molecule has 2 unspecified atom stereocenters. The SMILES string of the molecule is COc1cc2c(cc1NC(=O)C1CNCCO1)C[C@H]1C3CCCC[C@@]23CCN1C. The smallest absolute Gasteiger partial charge is 0.254 e. The molecule has 2 aliphatic carbocycles. The van der Waals surface area contributed by atoms with E-state index in [0.29, 0.717) is 19.2 Å². The summed E-state index contributed by atoms with van der Waals surface area (Å²) in [5.41, 5.74) is 3.93. The van der Waals surface area contributed by atoms with Crippen LogP contribution in [0.25, 0.3) is 0 Å². The molecule has 29 heavy (non-hydrogen) atoms. The van der Waals surface area contributed by atoms with Gasteiger partial charge in [-0.3, -0.25) is 4.79 Å². The number of amides is 1. The lowest BCUT2D eigenvalue weighted by molar-refractivity contribution is -0.128. The van der Waals surface area contributed by atoms with Crippen LogP contribution in [-0.4, -0.2) is 63.4 Å². The zero-order chi connectivity index (χ0) is 20.0. The summed E-state index contributed by atoms with van der Waals surface area (Å²) in [6, 6.07) is 5.03. The third-order valence-electron chi connectivity index (χ3n) is 7.91. The molecule has 3 fully saturated rings. The van der Waals surface area contributed by atoms with Crippen LogP contribution in [0.2, 0.25) is 0 Å². The maximum absolute atomic E-state index is 12.7. The van der Waals surface area contributed by atoms with E-state index in [2.05, 4.69) is 34.7 Å². The molecule has 158 valence electrons. The second-order valence-electron chi connectivity index (χ2n) is 9.27. The minimum atomic E-state index is -0.448. The number of methoxy groups -OCH3 is 1. The second kappa shape index (κ2) is 7.56. The Morgan fingerprint density at radius 1 is 1.34 bits per heavy atom. The molecule has 2 saturated heterocycles. The Morgan fingerprint density at radius 2 is 2.24 bits per heavy atom. The highest BCUT2D eigenvalue weighted by molar-refractivity contribution is 5.96. The average Bonchev–Trinajstić information content (AvgIpc) is 2.76. The van der Waals surface area contributed by atoms with E-state index in [0.717, 1.165) is 30.3 Å². The van der Waals surface area contributed by atoms with Crippen LogP contribution >= 0.6 is 0 Å². The maximum Gasteiger partial charge on any atom is 0.254 e. The molecule has 0 spiro atoms. The number of benzene rings is 1. The number of rotatable bonds is 3. The molecule has 1 amide bonds. The number of ether oxygens (including phenoxy) is 2. The highest BCUT2D eigenvalue weighted by Crippen LogP contribution is 2.56. The molecule has 0 aromatic heterocycles. The fraction of sp³-hybridized carbons (Fsp3) is 0.696. The summed E-state index contributed by atoms with van der Waals surface area (Å²) < 4.78 is 11.4. The molecular weight excluding hydrogens is 366 g/mol. The van der Waals surface area contributed by atoms with Crippen molar-refractivity contribution in [1.29, 1.82) is 0 Å². The highest BCUT2D eigenvalue weighted by atomic mass is 16.5. The Morgan fingerprint density at radius 3 is 3.03 bits per heavy atom. The largest absolute Gasteiger partial charge is 0.495 e. The number of likely N-dealkylation sites (tertiary alicyclic amines) is 1. The van der Waals surface area contributed by atoms with Crippen molar-refractivity contribution in [1.82, 2.24) is 10.2 Å². The minimum absolute atomic E-state index is 0.0997. The van der Waals surface area contributed by atoms with Gasteiger partial charge in [0.25, 0.3) is 5.91 Å². The van der Waals surface area contributed by atoms with E-state index >= 15 is 0 Å². The van der Waals surface area contributed by atoms with Gasteiger partial charge < -0.3 is 25.0 Å². The van der Waals surface area contributed by atoms with Gasteiger partial charge in [0.2, 0.25) is 0 Å². The number of morpholine rings is 1. The predicted molar refractivity (Wildman–Crippen MR) is 113 cm³/mol. The van der Waals surface area contributed by atoms with E-state index in [-0.39, 0.29) is 11.3 Å². The molecule has 2 aliphatic heterocycles. The van der Waals surface area contributed by atoms with Crippen LogP contribution in [-0.2, 0) is 21.4 Å². The van der Waals surface area contributed by atoms with Gasteiger partial charge in [-0.2, -0.15) is 0 Å². The molecule has 2 heterocycles. The zero-order valence-electron chi connectivity index (χ0n) is 17.6. The van der Waals surface area contributed by atoms with Crippen LogP contribution in [0, 0.1) is 5.92 Å². The Kier molecular flexibility index (Phi) is 5.04. The summed E-state index contributed by atoms with van der Waals surface area (Å²) in [5.74, 6) is 1.42. The molecule has 0 radical (unpaired) electrons. The van der Waals surface area contributed by atoms with Crippen molar-refractivity contribution in [2.24, 2.45) is 5.92 Å². The van der Waals surface area contributed by atoms with Crippen LogP contribution in [0.3, 0.4) is 0 Å². The van der Waals surface area contributed by atoms with Crippen molar-refractivity contribution in [3.63, 3.8) is 0 Å². The summed E-state index contributed by atoms with van der Waals surface area (Å²) in [6.07, 6.45) is 7.13. The zero-order valence-corrected chi connectivity index (χ0v) is 17.6. The Bertz CT molecular complexity index is 792. The van der Waals surface area contributed by atoms with Crippen molar-refractivity contribution in [3.05, 3.63) is 23.3 Å². The Labute approximate surface area is 173 Å². The van der Waals surface area contributed by atoms with Gasteiger partial charge in [0.05, 0.1) is 19.4 Å². The van der Waals surface area contributed by atoms with Gasteiger partial charge in [-0.05, 0) is 68.5 Å². The van der Waals surface area contributed by atoms with Gasteiger partial charge in [-0.15, -0.1) is 0 Å². The lowest BCUT2D eigenvalue weighted by Gasteiger charge is -2.58. The van der Waals surface area contributed by atoms with Crippen molar-refractivity contribution in [2.75, 3.05) is 45.7 Å². The number of carbonyl (C=O) groups is 1. The molecule has 2 bridgehead atoms. The van der Waals surface area contributed by atoms with Gasteiger partial charge in [0, 0.05) is 24.5 Å². The summed E-state index contributed by atoms with van der Waals surface area (Å²) in [6.45, 7) is 3.09. The third kappa shape index (κ3) is 3.16. The fourth-order valence-electron chi connectivity index (χ4n) is 6.45. The van der Waals surface area contributed by atoms with Crippen LogP contribution in [0.4, 0.5) is 5.69 Å². The van der Waals surface area contributed by atoms with Gasteiger partial charge in [-0.25, -0.2) is 0 Å². The molecule has 4 atom stereocenters. The van der Waals surface area contributed by atoms with Crippen molar-refractivity contribution >= 4 is 11.6 Å². The van der Waals surface area contributed by atoms with E-state index in [9.17, 15) is 4.79 Å². The first-order chi connectivity index (χ1) is 14.1. The van der Waals surface area contributed by atoms with Crippen molar-refractivity contribution in [2.45, 2.75) is 56.1 Å². The van der Waals surface area contributed by atoms with Crippen LogP contribution in [0.5, 0.6) is 5.75 Å². The number of fused-ring (bicyclic) bond motifs is 1.